The van der Waals surface area contributed by atoms with E-state index in [9.17, 15) is 4.79 Å². The highest BCUT2D eigenvalue weighted by Gasteiger charge is 2.12. The molecule has 1 atom stereocenters. The largest absolute Gasteiger partial charge is 0.493 e. The SMILES string of the molecule is COCC(C)Oc1c(C=CC(=O)O)cccc1OC. The van der Waals surface area contributed by atoms with Crippen molar-refractivity contribution in [2.45, 2.75) is 13.0 Å². The van der Waals surface area contributed by atoms with Crippen LogP contribution in [0.4, 0.5) is 0 Å². The zero-order chi connectivity index (χ0) is 14.3. The molecule has 1 unspecified atom stereocenters. The number of carboxylic acids is 1. The molecule has 1 aromatic carbocycles. The first kappa shape index (κ1) is 15.0. The van der Waals surface area contributed by atoms with Gasteiger partial charge in [-0.1, -0.05) is 12.1 Å². The summed E-state index contributed by atoms with van der Waals surface area (Å²) in [7, 11) is 3.13. The molecular weight excluding hydrogens is 248 g/mol. The van der Waals surface area contributed by atoms with Gasteiger partial charge in [-0.25, -0.2) is 4.79 Å². The number of hydrogen-bond acceptors (Lipinski definition) is 4. The minimum atomic E-state index is -1.02. The molecule has 0 fully saturated rings. The Labute approximate surface area is 112 Å². The number of para-hydroxylation sites is 1. The maximum Gasteiger partial charge on any atom is 0.328 e. The number of aliphatic carboxylic acids is 1. The number of benzene rings is 1. The molecule has 5 nitrogen and oxygen atoms in total. The van der Waals surface area contributed by atoms with Crippen molar-refractivity contribution in [2.24, 2.45) is 0 Å². The van der Waals surface area contributed by atoms with Gasteiger partial charge >= 0.3 is 5.97 Å². The van der Waals surface area contributed by atoms with Crippen LogP contribution in [0.3, 0.4) is 0 Å². The van der Waals surface area contributed by atoms with Gasteiger partial charge in [0.25, 0.3) is 0 Å². The summed E-state index contributed by atoms with van der Waals surface area (Å²) in [5.41, 5.74) is 0.643. The summed E-state index contributed by atoms with van der Waals surface area (Å²) in [6, 6.07) is 5.29. The Bertz CT molecular complexity index is 453. The van der Waals surface area contributed by atoms with E-state index in [-0.39, 0.29) is 6.10 Å². The molecule has 0 aliphatic carbocycles. The second kappa shape index (κ2) is 7.43. The molecule has 1 rings (SSSR count). The third-order valence-electron chi connectivity index (χ3n) is 2.36. The van der Waals surface area contributed by atoms with Gasteiger partial charge in [0.1, 0.15) is 6.10 Å². The van der Waals surface area contributed by atoms with Crippen LogP contribution in [0, 0.1) is 0 Å². The maximum absolute atomic E-state index is 10.6. The van der Waals surface area contributed by atoms with Gasteiger partial charge in [-0.15, -0.1) is 0 Å². The van der Waals surface area contributed by atoms with Crippen LogP contribution in [0.25, 0.3) is 6.08 Å². The normalized spacial score (nSPS) is 12.4. The van der Waals surface area contributed by atoms with Gasteiger partial charge in [0, 0.05) is 18.7 Å². The molecule has 0 aliphatic rings. The molecule has 0 aromatic heterocycles. The topological polar surface area (TPSA) is 65.0 Å². The predicted octanol–water partition coefficient (Wildman–Crippen LogP) is 2.21. The second-order valence-electron chi connectivity index (χ2n) is 3.93. The molecule has 0 bridgehead atoms. The van der Waals surface area contributed by atoms with Crippen LogP contribution >= 0.6 is 0 Å². The van der Waals surface area contributed by atoms with Crippen LogP contribution in [-0.2, 0) is 9.53 Å². The van der Waals surface area contributed by atoms with Gasteiger partial charge in [0.2, 0.25) is 0 Å². The first-order valence-corrected chi connectivity index (χ1v) is 5.82. The number of carboxylic acid groups (broad SMARTS) is 1. The summed E-state index contributed by atoms with van der Waals surface area (Å²) in [6.07, 6.45) is 2.36. The Kier molecular flexibility index (Phi) is 5.89. The number of ether oxygens (including phenoxy) is 3. The van der Waals surface area contributed by atoms with E-state index in [0.29, 0.717) is 23.7 Å². The van der Waals surface area contributed by atoms with Gasteiger partial charge in [0.05, 0.1) is 13.7 Å². The van der Waals surface area contributed by atoms with Crippen molar-refractivity contribution < 1.29 is 24.1 Å². The highest BCUT2D eigenvalue weighted by molar-refractivity contribution is 5.86. The molecule has 0 heterocycles. The van der Waals surface area contributed by atoms with Crippen molar-refractivity contribution >= 4 is 12.0 Å². The fourth-order valence-electron chi connectivity index (χ4n) is 1.58. The highest BCUT2D eigenvalue weighted by Crippen LogP contribution is 2.32. The number of carbonyl (C=O) groups is 1. The van der Waals surface area contributed by atoms with E-state index in [4.69, 9.17) is 19.3 Å². The minimum Gasteiger partial charge on any atom is -0.493 e. The lowest BCUT2D eigenvalue weighted by Crippen LogP contribution is -2.18. The number of rotatable bonds is 7. The molecule has 0 saturated heterocycles. The van der Waals surface area contributed by atoms with Gasteiger partial charge in [-0.3, -0.25) is 0 Å². The standard InChI is InChI=1S/C14H18O5/c1-10(9-17-2)19-14-11(7-8-13(15)16)5-4-6-12(14)18-3/h4-8,10H,9H2,1-3H3,(H,15,16). The second-order valence-corrected chi connectivity index (χ2v) is 3.93. The smallest absolute Gasteiger partial charge is 0.328 e. The molecule has 19 heavy (non-hydrogen) atoms. The third kappa shape index (κ3) is 4.63. The molecule has 1 aromatic rings. The zero-order valence-corrected chi connectivity index (χ0v) is 11.3. The summed E-state index contributed by atoms with van der Waals surface area (Å²) in [4.78, 5) is 10.6. The lowest BCUT2D eigenvalue weighted by molar-refractivity contribution is -0.131. The van der Waals surface area contributed by atoms with Crippen molar-refractivity contribution in [3.8, 4) is 11.5 Å². The van der Waals surface area contributed by atoms with Crippen LogP contribution in [0.1, 0.15) is 12.5 Å². The first-order chi connectivity index (χ1) is 9.08. The molecule has 104 valence electrons. The van der Waals surface area contributed by atoms with E-state index in [1.807, 2.05) is 6.92 Å². The van der Waals surface area contributed by atoms with Crippen molar-refractivity contribution in [3.05, 3.63) is 29.8 Å². The average Bonchev–Trinajstić information content (AvgIpc) is 2.37. The zero-order valence-electron chi connectivity index (χ0n) is 11.3. The van der Waals surface area contributed by atoms with E-state index < -0.39 is 5.97 Å². The fraction of sp³-hybridized carbons (Fsp3) is 0.357. The Morgan fingerprint density at radius 2 is 2.16 bits per heavy atom. The lowest BCUT2D eigenvalue weighted by Gasteiger charge is -2.18. The van der Waals surface area contributed by atoms with Crippen LogP contribution in [0.15, 0.2) is 24.3 Å². The van der Waals surface area contributed by atoms with E-state index in [1.54, 1.807) is 25.3 Å². The molecular formula is C14H18O5. The number of methoxy groups -OCH3 is 2. The predicted molar refractivity (Wildman–Crippen MR) is 71.6 cm³/mol. The first-order valence-electron chi connectivity index (χ1n) is 5.82. The van der Waals surface area contributed by atoms with Crippen LogP contribution in [0.2, 0.25) is 0 Å². The molecule has 0 spiro atoms. The van der Waals surface area contributed by atoms with Gasteiger partial charge in [-0.05, 0) is 19.1 Å². The number of hydrogen-bond donors (Lipinski definition) is 1. The molecule has 1 N–H and O–H groups in total. The Hall–Kier alpha value is -2.01. The molecule has 0 aliphatic heterocycles. The Morgan fingerprint density at radius 1 is 1.42 bits per heavy atom. The summed E-state index contributed by atoms with van der Waals surface area (Å²) in [6.45, 7) is 2.29. The summed E-state index contributed by atoms with van der Waals surface area (Å²) < 4.78 is 16.0. The summed E-state index contributed by atoms with van der Waals surface area (Å²) in [5.74, 6) is 0.0428. The van der Waals surface area contributed by atoms with Gasteiger partial charge in [-0.2, -0.15) is 0 Å². The highest BCUT2D eigenvalue weighted by atomic mass is 16.5. The minimum absolute atomic E-state index is 0.168. The Morgan fingerprint density at radius 3 is 2.74 bits per heavy atom. The van der Waals surface area contributed by atoms with Crippen molar-refractivity contribution in [1.29, 1.82) is 0 Å². The van der Waals surface area contributed by atoms with Gasteiger partial charge < -0.3 is 19.3 Å². The average molecular weight is 266 g/mol. The Balaban J connectivity index is 3.05. The van der Waals surface area contributed by atoms with Crippen molar-refractivity contribution in [3.63, 3.8) is 0 Å². The van der Waals surface area contributed by atoms with E-state index in [0.717, 1.165) is 6.08 Å². The molecule has 0 amide bonds. The molecule has 5 heteroatoms. The van der Waals surface area contributed by atoms with Gasteiger partial charge in [0.15, 0.2) is 11.5 Å². The molecule has 0 saturated carbocycles. The molecule has 0 radical (unpaired) electrons. The quantitative estimate of drug-likeness (QED) is 0.766. The fourth-order valence-corrected chi connectivity index (χ4v) is 1.58. The summed E-state index contributed by atoms with van der Waals surface area (Å²) in [5, 5.41) is 8.68. The monoisotopic (exact) mass is 266 g/mol. The maximum atomic E-state index is 10.6. The van der Waals surface area contributed by atoms with Crippen LogP contribution in [-0.4, -0.2) is 38.0 Å². The van der Waals surface area contributed by atoms with Crippen LogP contribution in [0.5, 0.6) is 11.5 Å². The van der Waals surface area contributed by atoms with Crippen molar-refractivity contribution in [2.75, 3.05) is 20.8 Å². The summed E-state index contributed by atoms with van der Waals surface area (Å²) >= 11 is 0. The van der Waals surface area contributed by atoms with E-state index in [2.05, 4.69) is 0 Å². The van der Waals surface area contributed by atoms with Crippen LogP contribution < -0.4 is 9.47 Å². The van der Waals surface area contributed by atoms with E-state index in [1.165, 1.54) is 13.2 Å². The lowest BCUT2D eigenvalue weighted by atomic mass is 10.1. The van der Waals surface area contributed by atoms with E-state index >= 15 is 0 Å². The third-order valence-corrected chi connectivity index (χ3v) is 2.36. The van der Waals surface area contributed by atoms with Crippen molar-refractivity contribution in [1.82, 2.24) is 0 Å².